The summed E-state index contributed by atoms with van der Waals surface area (Å²) in [5.41, 5.74) is 6.95. The van der Waals surface area contributed by atoms with Crippen LogP contribution in [0.4, 0.5) is 23.2 Å². The molecule has 0 saturated heterocycles. The molecule has 9 heteroatoms. The monoisotopic (exact) mass is 522 g/mol. The van der Waals surface area contributed by atoms with Gasteiger partial charge >= 0.3 is 6.18 Å². The molecule has 3 aromatic carbocycles. The lowest BCUT2D eigenvalue weighted by molar-refractivity contribution is -0.141. The molecule has 3 N–H and O–H groups in total. The number of alkyl halides is 3. The Morgan fingerprint density at radius 3 is 2.42 bits per heavy atom. The van der Waals surface area contributed by atoms with E-state index in [0.29, 0.717) is 23.1 Å². The minimum absolute atomic E-state index is 0.0577. The van der Waals surface area contributed by atoms with E-state index in [1.54, 1.807) is 24.3 Å². The van der Waals surface area contributed by atoms with Crippen LogP contribution >= 0.6 is 0 Å². The number of nitrogens with one attached hydrogen (secondary N) is 1. The first kappa shape index (κ1) is 25.7. The van der Waals surface area contributed by atoms with Crippen molar-refractivity contribution in [2.75, 3.05) is 5.32 Å². The van der Waals surface area contributed by atoms with Gasteiger partial charge in [0.25, 0.3) is 5.91 Å². The van der Waals surface area contributed by atoms with Gasteiger partial charge in [0.1, 0.15) is 11.5 Å². The number of carbonyl (C=O) groups excluding carboxylic acids is 1. The van der Waals surface area contributed by atoms with Gasteiger partial charge in [-0.3, -0.25) is 4.79 Å². The lowest BCUT2D eigenvalue weighted by Crippen LogP contribution is -2.22. The lowest BCUT2D eigenvalue weighted by Gasteiger charge is -2.34. The van der Waals surface area contributed by atoms with E-state index in [2.05, 4.69) is 10.4 Å². The fraction of sp³-hybridized carbons (Fsp3) is 0.241. The van der Waals surface area contributed by atoms with Gasteiger partial charge in [-0.2, -0.15) is 18.3 Å². The van der Waals surface area contributed by atoms with Crippen LogP contribution in [-0.2, 0) is 12.7 Å². The molecule has 1 aliphatic rings. The number of carbonyl (C=O) groups is 1. The maximum absolute atomic E-state index is 14.8. The number of nitrogens with two attached hydrogens (primary N) is 1. The third-order valence-electron chi connectivity index (χ3n) is 6.94. The molecular formula is C29H26F4N4O. The quantitative estimate of drug-likeness (QED) is 0.266. The zero-order valence-electron chi connectivity index (χ0n) is 20.4. The molecule has 5 nitrogen and oxygen atoms in total. The molecule has 38 heavy (non-hydrogen) atoms. The maximum atomic E-state index is 14.8. The summed E-state index contributed by atoms with van der Waals surface area (Å²) in [6.07, 6.45) is -1.63. The van der Waals surface area contributed by atoms with Crippen molar-refractivity contribution in [3.8, 4) is 5.69 Å². The topological polar surface area (TPSA) is 72.9 Å². The molecule has 1 aromatic heterocycles. The number of aromatic nitrogens is 2. The van der Waals surface area contributed by atoms with Crippen LogP contribution in [0.5, 0.6) is 0 Å². The van der Waals surface area contributed by atoms with Crippen molar-refractivity contribution in [2.24, 2.45) is 11.7 Å². The van der Waals surface area contributed by atoms with E-state index in [1.807, 2.05) is 30.3 Å². The van der Waals surface area contributed by atoms with Gasteiger partial charge in [0.05, 0.1) is 5.69 Å². The summed E-state index contributed by atoms with van der Waals surface area (Å²) in [5.74, 6) is -1.10. The first-order valence-corrected chi connectivity index (χ1v) is 12.4. The first-order valence-electron chi connectivity index (χ1n) is 12.4. The molecule has 196 valence electrons. The van der Waals surface area contributed by atoms with Crippen LogP contribution < -0.4 is 11.1 Å². The van der Waals surface area contributed by atoms with Crippen molar-refractivity contribution in [2.45, 2.75) is 37.9 Å². The highest BCUT2D eigenvalue weighted by Gasteiger charge is 2.36. The fourth-order valence-electron chi connectivity index (χ4n) is 4.92. The predicted octanol–water partition coefficient (Wildman–Crippen LogP) is 6.67. The molecule has 1 aliphatic carbocycles. The average Bonchev–Trinajstić information content (AvgIpc) is 3.33. The van der Waals surface area contributed by atoms with Crippen LogP contribution in [0.15, 0.2) is 78.9 Å². The standard InChI is InChI=1S/C29H26F4N4O/c30-22-13-21(27(20-9-5-10-20)19-7-2-1-3-8-19)14-23(15-22)35-28(38)25-16-26(29(31,32)33)36-37(25)24-11-4-6-18(12-24)17-34/h1-4,6-8,11-16,20,27H,5,9-10,17,34H2,(H,35,38). The number of halogens is 4. The van der Waals surface area contributed by atoms with Crippen molar-refractivity contribution in [3.05, 3.63) is 113 Å². The Morgan fingerprint density at radius 2 is 1.76 bits per heavy atom. The molecule has 1 unspecified atom stereocenters. The smallest absolute Gasteiger partial charge is 0.326 e. The number of amides is 1. The summed E-state index contributed by atoms with van der Waals surface area (Å²) in [6, 6.07) is 21.2. The molecule has 5 rings (SSSR count). The van der Waals surface area contributed by atoms with E-state index in [-0.39, 0.29) is 29.5 Å². The Hall–Kier alpha value is -3.98. The SMILES string of the molecule is NCc1cccc(-n2nc(C(F)(F)F)cc2C(=O)Nc2cc(F)cc(C(c3ccccc3)C3CCC3)c2)c1. The molecule has 0 aliphatic heterocycles. The Labute approximate surface area is 217 Å². The second-order valence-corrected chi connectivity index (χ2v) is 9.51. The van der Waals surface area contributed by atoms with Crippen molar-refractivity contribution in [3.63, 3.8) is 0 Å². The number of benzene rings is 3. The summed E-state index contributed by atoms with van der Waals surface area (Å²) in [6.45, 7) is 0.165. The first-order chi connectivity index (χ1) is 18.2. The van der Waals surface area contributed by atoms with Crippen LogP contribution in [-0.4, -0.2) is 15.7 Å². The normalized spacial score (nSPS) is 14.7. The van der Waals surface area contributed by atoms with Crippen LogP contribution in [0.25, 0.3) is 5.69 Å². The van der Waals surface area contributed by atoms with Crippen LogP contribution in [0.1, 0.15) is 58.1 Å². The largest absolute Gasteiger partial charge is 0.435 e. The van der Waals surface area contributed by atoms with E-state index >= 15 is 0 Å². The molecule has 0 bridgehead atoms. The molecule has 1 amide bonds. The predicted molar refractivity (Wildman–Crippen MR) is 136 cm³/mol. The third-order valence-corrected chi connectivity index (χ3v) is 6.94. The molecule has 4 aromatic rings. The van der Waals surface area contributed by atoms with Crippen molar-refractivity contribution >= 4 is 11.6 Å². The van der Waals surface area contributed by atoms with E-state index in [9.17, 15) is 22.4 Å². The number of hydrogen-bond donors (Lipinski definition) is 2. The molecule has 1 atom stereocenters. The zero-order valence-corrected chi connectivity index (χ0v) is 20.4. The van der Waals surface area contributed by atoms with E-state index in [1.165, 1.54) is 12.1 Å². The van der Waals surface area contributed by atoms with E-state index in [0.717, 1.165) is 35.6 Å². The van der Waals surface area contributed by atoms with E-state index < -0.39 is 23.6 Å². The minimum atomic E-state index is -4.76. The third kappa shape index (κ3) is 5.33. The highest BCUT2D eigenvalue weighted by molar-refractivity contribution is 6.03. The van der Waals surface area contributed by atoms with Gasteiger partial charge < -0.3 is 11.1 Å². The van der Waals surface area contributed by atoms with Crippen molar-refractivity contribution < 1.29 is 22.4 Å². The van der Waals surface area contributed by atoms with Gasteiger partial charge in [-0.25, -0.2) is 9.07 Å². The van der Waals surface area contributed by atoms with Gasteiger partial charge in [-0.05, 0) is 65.8 Å². The molecule has 1 fully saturated rings. The molecule has 0 radical (unpaired) electrons. The molecule has 1 heterocycles. The summed E-state index contributed by atoms with van der Waals surface area (Å²) in [5, 5.41) is 6.24. The fourth-order valence-corrected chi connectivity index (χ4v) is 4.92. The van der Waals surface area contributed by atoms with Gasteiger partial charge in [0.2, 0.25) is 0 Å². The van der Waals surface area contributed by atoms with Crippen LogP contribution in [0, 0.1) is 11.7 Å². The Kier molecular flexibility index (Phi) is 7.03. The second-order valence-electron chi connectivity index (χ2n) is 9.51. The van der Waals surface area contributed by atoms with Crippen molar-refractivity contribution in [1.29, 1.82) is 0 Å². The second kappa shape index (κ2) is 10.4. The summed E-state index contributed by atoms with van der Waals surface area (Å²) in [4.78, 5) is 13.3. The Balaban J connectivity index is 1.50. The van der Waals surface area contributed by atoms with Gasteiger partial charge in [0, 0.05) is 24.2 Å². The lowest BCUT2D eigenvalue weighted by atomic mass is 9.70. The van der Waals surface area contributed by atoms with Crippen LogP contribution in [0.3, 0.4) is 0 Å². The maximum Gasteiger partial charge on any atom is 0.435 e. The molecule has 0 spiro atoms. The van der Waals surface area contributed by atoms with Gasteiger partial charge in [-0.15, -0.1) is 0 Å². The number of anilines is 1. The summed E-state index contributed by atoms with van der Waals surface area (Å²) < 4.78 is 56.3. The molecule has 1 saturated carbocycles. The van der Waals surface area contributed by atoms with Gasteiger partial charge in [0.15, 0.2) is 5.69 Å². The number of hydrogen-bond acceptors (Lipinski definition) is 3. The Bertz CT molecular complexity index is 1440. The summed E-state index contributed by atoms with van der Waals surface area (Å²) >= 11 is 0. The molecular weight excluding hydrogens is 496 g/mol. The Morgan fingerprint density at radius 1 is 1.00 bits per heavy atom. The van der Waals surface area contributed by atoms with Crippen molar-refractivity contribution in [1.82, 2.24) is 9.78 Å². The highest BCUT2D eigenvalue weighted by Crippen LogP contribution is 2.44. The highest BCUT2D eigenvalue weighted by atomic mass is 19.4. The van der Waals surface area contributed by atoms with Gasteiger partial charge in [-0.1, -0.05) is 48.9 Å². The van der Waals surface area contributed by atoms with E-state index in [4.69, 9.17) is 5.73 Å². The minimum Gasteiger partial charge on any atom is -0.326 e. The average molecular weight is 523 g/mol. The van der Waals surface area contributed by atoms with Crippen LogP contribution in [0.2, 0.25) is 0 Å². The number of nitrogens with zero attached hydrogens (tertiary/aromatic N) is 2. The number of rotatable bonds is 7. The summed E-state index contributed by atoms with van der Waals surface area (Å²) in [7, 11) is 0. The zero-order chi connectivity index (χ0) is 26.9.